The molecular formula is C7H12OS. The van der Waals surface area contributed by atoms with Crippen molar-refractivity contribution in [3.8, 4) is 11.8 Å². The van der Waals surface area contributed by atoms with E-state index in [2.05, 4.69) is 11.8 Å². The Morgan fingerprint density at radius 1 is 1.67 bits per heavy atom. The highest BCUT2D eigenvalue weighted by Gasteiger charge is 1.95. The zero-order valence-electron chi connectivity index (χ0n) is 5.85. The Kier molecular flexibility index (Phi) is 5.91. The standard InChI is InChI=1S/C7H12OS/c1-3-4-5-9-7(2)6-8/h7-8H,5-6H2,1-2H3. The molecule has 0 heterocycles. The van der Waals surface area contributed by atoms with E-state index >= 15 is 0 Å². The summed E-state index contributed by atoms with van der Waals surface area (Å²) >= 11 is 1.68. The maximum Gasteiger partial charge on any atom is 0.0550 e. The Morgan fingerprint density at radius 3 is 2.78 bits per heavy atom. The minimum Gasteiger partial charge on any atom is -0.395 e. The lowest BCUT2D eigenvalue weighted by Gasteiger charge is -2.01. The summed E-state index contributed by atoms with van der Waals surface area (Å²) < 4.78 is 0. The third-order valence-electron chi connectivity index (χ3n) is 0.874. The van der Waals surface area contributed by atoms with Crippen molar-refractivity contribution in [1.82, 2.24) is 0 Å². The number of aliphatic hydroxyl groups is 1. The van der Waals surface area contributed by atoms with E-state index in [1.807, 2.05) is 13.8 Å². The highest BCUT2D eigenvalue weighted by molar-refractivity contribution is 8.00. The van der Waals surface area contributed by atoms with Crippen LogP contribution in [0.2, 0.25) is 0 Å². The highest BCUT2D eigenvalue weighted by Crippen LogP contribution is 2.06. The van der Waals surface area contributed by atoms with Gasteiger partial charge in [0, 0.05) is 5.25 Å². The van der Waals surface area contributed by atoms with Gasteiger partial charge in [-0.25, -0.2) is 0 Å². The fraction of sp³-hybridized carbons (Fsp3) is 0.714. The molecule has 0 saturated carbocycles. The van der Waals surface area contributed by atoms with Crippen LogP contribution in [0, 0.1) is 11.8 Å². The number of rotatable bonds is 3. The molecule has 0 aromatic rings. The van der Waals surface area contributed by atoms with E-state index in [0.29, 0.717) is 5.25 Å². The Bertz CT molecular complexity index is 112. The first-order chi connectivity index (χ1) is 4.31. The fourth-order valence-electron chi connectivity index (χ4n) is 0.309. The van der Waals surface area contributed by atoms with Gasteiger partial charge in [0.15, 0.2) is 0 Å². The van der Waals surface area contributed by atoms with Crippen LogP contribution in [0.15, 0.2) is 0 Å². The van der Waals surface area contributed by atoms with E-state index in [9.17, 15) is 0 Å². The van der Waals surface area contributed by atoms with E-state index in [4.69, 9.17) is 5.11 Å². The van der Waals surface area contributed by atoms with E-state index in [-0.39, 0.29) is 6.61 Å². The van der Waals surface area contributed by atoms with E-state index < -0.39 is 0 Å². The van der Waals surface area contributed by atoms with Crippen molar-refractivity contribution in [3.05, 3.63) is 0 Å². The van der Waals surface area contributed by atoms with E-state index in [0.717, 1.165) is 5.75 Å². The lowest BCUT2D eigenvalue weighted by Crippen LogP contribution is -2.01. The van der Waals surface area contributed by atoms with Gasteiger partial charge in [-0.1, -0.05) is 12.8 Å². The largest absolute Gasteiger partial charge is 0.395 e. The van der Waals surface area contributed by atoms with Gasteiger partial charge in [-0.05, 0) is 6.92 Å². The molecule has 0 rings (SSSR count). The molecule has 0 bridgehead atoms. The lowest BCUT2D eigenvalue weighted by molar-refractivity contribution is 0.300. The van der Waals surface area contributed by atoms with Crippen molar-refractivity contribution in [2.75, 3.05) is 12.4 Å². The first-order valence-corrected chi connectivity index (χ1v) is 3.98. The Hall–Kier alpha value is -0.130. The summed E-state index contributed by atoms with van der Waals surface area (Å²) in [6.07, 6.45) is 0. The predicted molar refractivity (Wildman–Crippen MR) is 42.5 cm³/mol. The quantitative estimate of drug-likeness (QED) is 0.599. The molecule has 1 N–H and O–H groups in total. The van der Waals surface area contributed by atoms with Gasteiger partial charge in [-0.2, -0.15) is 0 Å². The number of aliphatic hydroxyl groups excluding tert-OH is 1. The molecule has 0 aliphatic carbocycles. The summed E-state index contributed by atoms with van der Waals surface area (Å²) in [5.41, 5.74) is 0. The predicted octanol–water partition coefficient (Wildman–Crippen LogP) is 1.12. The molecule has 0 amide bonds. The normalized spacial score (nSPS) is 11.9. The average Bonchev–Trinajstić information content (AvgIpc) is 1.89. The minimum absolute atomic E-state index is 0.246. The summed E-state index contributed by atoms with van der Waals surface area (Å²) in [5, 5.41) is 8.89. The van der Waals surface area contributed by atoms with Crippen molar-refractivity contribution in [2.45, 2.75) is 19.1 Å². The number of hydrogen-bond donors (Lipinski definition) is 1. The van der Waals surface area contributed by atoms with Crippen LogP contribution in [-0.2, 0) is 0 Å². The molecule has 1 unspecified atom stereocenters. The molecule has 0 saturated heterocycles. The zero-order chi connectivity index (χ0) is 7.11. The second-order valence-corrected chi connectivity index (χ2v) is 3.16. The van der Waals surface area contributed by atoms with Gasteiger partial charge < -0.3 is 5.11 Å². The Labute approximate surface area is 60.8 Å². The van der Waals surface area contributed by atoms with Crippen molar-refractivity contribution < 1.29 is 5.11 Å². The summed E-state index contributed by atoms with van der Waals surface area (Å²) in [6, 6.07) is 0. The smallest absolute Gasteiger partial charge is 0.0550 e. The molecule has 2 heteroatoms. The molecule has 1 nitrogen and oxygen atoms in total. The third kappa shape index (κ3) is 5.75. The molecule has 0 spiro atoms. The highest BCUT2D eigenvalue weighted by atomic mass is 32.2. The molecule has 52 valence electrons. The molecule has 0 fully saturated rings. The SMILES string of the molecule is CC#CCSC(C)CO. The summed E-state index contributed by atoms with van der Waals surface area (Å²) in [6.45, 7) is 4.06. The van der Waals surface area contributed by atoms with Gasteiger partial charge in [0.2, 0.25) is 0 Å². The van der Waals surface area contributed by atoms with Gasteiger partial charge in [0.25, 0.3) is 0 Å². The van der Waals surface area contributed by atoms with Crippen LogP contribution in [-0.4, -0.2) is 22.7 Å². The van der Waals surface area contributed by atoms with Crippen LogP contribution < -0.4 is 0 Å². The average molecular weight is 144 g/mol. The lowest BCUT2D eigenvalue weighted by atomic mass is 10.5. The van der Waals surface area contributed by atoms with Crippen molar-refractivity contribution in [3.63, 3.8) is 0 Å². The van der Waals surface area contributed by atoms with Gasteiger partial charge >= 0.3 is 0 Å². The topological polar surface area (TPSA) is 20.2 Å². The summed E-state index contributed by atoms with van der Waals surface area (Å²) in [5.74, 6) is 6.54. The van der Waals surface area contributed by atoms with Crippen LogP contribution in [0.1, 0.15) is 13.8 Å². The Morgan fingerprint density at radius 2 is 2.33 bits per heavy atom. The summed E-state index contributed by atoms with van der Waals surface area (Å²) in [7, 11) is 0. The molecule has 0 aromatic heterocycles. The fourth-order valence-corrected chi connectivity index (χ4v) is 0.926. The van der Waals surface area contributed by atoms with Crippen LogP contribution in [0.3, 0.4) is 0 Å². The van der Waals surface area contributed by atoms with Crippen LogP contribution in [0.4, 0.5) is 0 Å². The van der Waals surface area contributed by atoms with Gasteiger partial charge in [-0.15, -0.1) is 17.7 Å². The first kappa shape index (κ1) is 8.87. The maximum atomic E-state index is 8.57. The van der Waals surface area contributed by atoms with Gasteiger partial charge in [0.1, 0.15) is 0 Å². The second-order valence-electron chi connectivity index (χ2n) is 1.73. The van der Waals surface area contributed by atoms with Crippen LogP contribution in [0.5, 0.6) is 0 Å². The molecule has 0 aromatic carbocycles. The van der Waals surface area contributed by atoms with E-state index in [1.54, 1.807) is 11.8 Å². The first-order valence-electron chi connectivity index (χ1n) is 2.93. The van der Waals surface area contributed by atoms with Crippen molar-refractivity contribution in [2.24, 2.45) is 0 Å². The molecule has 0 radical (unpaired) electrons. The van der Waals surface area contributed by atoms with E-state index in [1.165, 1.54) is 0 Å². The second kappa shape index (κ2) is 6.00. The molecule has 1 atom stereocenters. The van der Waals surface area contributed by atoms with Crippen LogP contribution in [0.25, 0.3) is 0 Å². The molecule has 0 aliphatic heterocycles. The van der Waals surface area contributed by atoms with Gasteiger partial charge in [0.05, 0.1) is 12.4 Å². The zero-order valence-corrected chi connectivity index (χ0v) is 6.66. The third-order valence-corrected chi connectivity index (χ3v) is 1.90. The Balaban J connectivity index is 3.13. The monoisotopic (exact) mass is 144 g/mol. The molecule has 0 aliphatic rings. The van der Waals surface area contributed by atoms with Gasteiger partial charge in [-0.3, -0.25) is 0 Å². The summed E-state index contributed by atoms with van der Waals surface area (Å²) in [4.78, 5) is 0. The number of thioether (sulfide) groups is 1. The maximum absolute atomic E-state index is 8.57. The van der Waals surface area contributed by atoms with Crippen molar-refractivity contribution in [1.29, 1.82) is 0 Å². The molecular weight excluding hydrogens is 132 g/mol. The number of hydrogen-bond acceptors (Lipinski definition) is 2. The van der Waals surface area contributed by atoms with Crippen molar-refractivity contribution >= 4 is 11.8 Å². The minimum atomic E-state index is 0.246. The molecule has 9 heavy (non-hydrogen) atoms. The van der Waals surface area contributed by atoms with Crippen LogP contribution >= 0.6 is 11.8 Å².